The number of carbonyl (C=O) groups is 1. The molecule has 1 heterocycles. The van der Waals surface area contributed by atoms with Gasteiger partial charge in [0, 0.05) is 13.0 Å². The first-order valence-electron chi connectivity index (χ1n) is 2.84. The summed E-state index contributed by atoms with van der Waals surface area (Å²) in [4.78, 5) is 10.2. The van der Waals surface area contributed by atoms with E-state index >= 15 is 0 Å². The van der Waals surface area contributed by atoms with E-state index < -0.39 is 18.1 Å². The monoisotopic (exact) mass is 155 g/mol. The van der Waals surface area contributed by atoms with Crippen molar-refractivity contribution in [2.24, 2.45) is 0 Å². The normalized spacial score (nSPS) is 31.3. The molecule has 1 fully saturated rings. The first kappa shape index (κ1) is 10.4. The van der Waals surface area contributed by atoms with Crippen LogP contribution in [0, 0.1) is 0 Å². The molecule has 2 atom stereocenters. The molecule has 0 aromatic rings. The van der Waals surface area contributed by atoms with E-state index in [9.17, 15) is 4.79 Å². The Morgan fingerprint density at radius 3 is 2.50 bits per heavy atom. The van der Waals surface area contributed by atoms with Crippen molar-refractivity contribution in [3.63, 3.8) is 0 Å². The molecule has 1 saturated heterocycles. The van der Waals surface area contributed by atoms with Crippen LogP contribution in [0.1, 0.15) is 7.85 Å². The zero-order valence-corrected chi connectivity index (χ0v) is 7.87. The quantitative estimate of drug-likeness (QED) is 0.337. The van der Waals surface area contributed by atoms with E-state index in [4.69, 9.17) is 10.2 Å². The number of aliphatic hydroxyl groups excluding tert-OH is 1. The third-order valence-corrected chi connectivity index (χ3v) is 1.41. The number of hydrogen-bond acceptors (Lipinski definition) is 3. The van der Waals surface area contributed by atoms with Gasteiger partial charge in [-0.1, -0.05) is 0 Å². The summed E-state index contributed by atoms with van der Waals surface area (Å²) in [5, 5.41) is 19.8. The maximum absolute atomic E-state index is 10.2. The van der Waals surface area contributed by atoms with Crippen LogP contribution in [0.15, 0.2) is 0 Å². The Morgan fingerprint density at radius 1 is 1.70 bits per heavy atom. The summed E-state index contributed by atoms with van der Waals surface area (Å²) in [6, 6.07) is -0.542. The van der Waals surface area contributed by atoms with Crippen LogP contribution in [0.25, 0.3) is 0 Å². The van der Waals surface area contributed by atoms with Gasteiger partial charge in [-0.15, -0.1) is 0 Å². The number of carboxylic acid groups (broad SMARTS) is 1. The Bertz CT molecular complexity index is 135. The van der Waals surface area contributed by atoms with Gasteiger partial charge >= 0.3 is 35.5 Å². The van der Waals surface area contributed by atoms with E-state index in [1.165, 1.54) is 0 Å². The van der Waals surface area contributed by atoms with Gasteiger partial charge in [0.2, 0.25) is 0 Å². The van der Waals surface area contributed by atoms with Crippen molar-refractivity contribution in [2.45, 2.75) is 18.6 Å². The summed E-state index contributed by atoms with van der Waals surface area (Å²) in [6.07, 6.45) is -0.152. The molecule has 0 amide bonds. The predicted molar refractivity (Wildman–Crippen MR) is 31.2 cm³/mol. The Morgan fingerprint density at radius 2 is 2.30 bits per heavy atom. The van der Waals surface area contributed by atoms with Crippen molar-refractivity contribution in [1.82, 2.24) is 5.32 Å². The average molecular weight is 155 g/mol. The van der Waals surface area contributed by atoms with Crippen molar-refractivity contribution in [3.05, 3.63) is 0 Å². The Kier molecular flexibility index (Phi) is 4.47. The van der Waals surface area contributed by atoms with Gasteiger partial charge < -0.3 is 17.0 Å². The maximum Gasteiger partial charge on any atom is 1.00 e. The van der Waals surface area contributed by atoms with Crippen molar-refractivity contribution in [1.29, 1.82) is 0 Å². The molecule has 0 aliphatic carbocycles. The van der Waals surface area contributed by atoms with E-state index in [-0.39, 0.29) is 31.0 Å². The van der Waals surface area contributed by atoms with Crippen LogP contribution in [-0.2, 0) is 4.79 Å². The summed E-state index contributed by atoms with van der Waals surface area (Å²) >= 11 is 0. The summed E-state index contributed by atoms with van der Waals surface area (Å²) in [5.74, 6) is -0.883. The number of aliphatic carboxylic acids is 1. The minimum Gasteiger partial charge on any atom is -1.00 e. The van der Waals surface area contributed by atoms with Crippen molar-refractivity contribution in [3.8, 4) is 0 Å². The van der Waals surface area contributed by atoms with Crippen LogP contribution in [0.5, 0.6) is 0 Å². The Hall–Kier alpha value is 0.390. The van der Waals surface area contributed by atoms with Crippen LogP contribution in [0.4, 0.5) is 0 Å². The predicted octanol–water partition coefficient (Wildman–Crippen LogP) is -4.09. The molecule has 1 aliphatic heterocycles. The molecule has 10 heavy (non-hydrogen) atoms. The van der Waals surface area contributed by atoms with Gasteiger partial charge in [-0.2, -0.15) is 0 Å². The third kappa shape index (κ3) is 2.56. The second kappa shape index (κ2) is 4.31. The number of carboxylic acids is 1. The molecular formula is C5H10NNaO3. The smallest absolute Gasteiger partial charge is 1.00 e. The number of β-amino-alcohol motifs (C(OH)–C–C–N with tert-alkyl or cyclic N) is 1. The minimum atomic E-state index is -0.883. The van der Waals surface area contributed by atoms with Gasteiger partial charge in [-0.3, -0.25) is 4.79 Å². The molecule has 1 aliphatic rings. The van der Waals surface area contributed by atoms with Crippen molar-refractivity contribution in [2.75, 3.05) is 6.54 Å². The number of aliphatic hydroxyl groups is 1. The largest absolute Gasteiger partial charge is 1.00 e. The van der Waals surface area contributed by atoms with Crippen LogP contribution in [0.2, 0.25) is 0 Å². The molecule has 0 spiro atoms. The summed E-state index contributed by atoms with van der Waals surface area (Å²) < 4.78 is 0. The SMILES string of the molecule is O=C(O)[C@@H]1CC(O)CN1.[H-].[Na+]. The fourth-order valence-electron chi connectivity index (χ4n) is 0.905. The Labute approximate surface area is 82.4 Å². The topological polar surface area (TPSA) is 69.6 Å². The van der Waals surface area contributed by atoms with Crippen molar-refractivity contribution >= 4 is 5.97 Å². The maximum atomic E-state index is 10.2. The van der Waals surface area contributed by atoms with Crippen LogP contribution < -0.4 is 34.9 Å². The summed E-state index contributed by atoms with van der Waals surface area (Å²) in [6.45, 7) is 0.400. The molecule has 1 rings (SSSR count). The van der Waals surface area contributed by atoms with Crippen molar-refractivity contribution < 1.29 is 46.0 Å². The standard InChI is InChI=1S/C5H9NO3.Na.H/c7-3-1-4(5(8)9)6-2-3;;/h3-4,6-7H,1-2H2,(H,8,9);;/q;+1;-1/t3?,4-;;/m0../s1. The van der Waals surface area contributed by atoms with Crippen LogP contribution in [-0.4, -0.2) is 34.9 Å². The van der Waals surface area contributed by atoms with E-state index in [0.717, 1.165) is 0 Å². The molecule has 4 nitrogen and oxygen atoms in total. The number of hydrogen-bond donors (Lipinski definition) is 3. The molecule has 3 N–H and O–H groups in total. The van der Waals surface area contributed by atoms with Gasteiger partial charge in [0.15, 0.2) is 0 Å². The van der Waals surface area contributed by atoms with E-state index in [0.29, 0.717) is 13.0 Å². The number of rotatable bonds is 1. The average Bonchev–Trinajstić information content (AvgIpc) is 2.14. The zero-order valence-electron chi connectivity index (χ0n) is 6.87. The second-order valence-corrected chi connectivity index (χ2v) is 2.19. The van der Waals surface area contributed by atoms with E-state index in [2.05, 4.69) is 5.32 Å². The van der Waals surface area contributed by atoms with Gasteiger partial charge in [0.05, 0.1) is 6.10 Å². The second-order valence-electron chi connectivity index (χ2n) is 2.19. The fraction of sp³-hybridized carbons (Fsp3) is 0.800. The fourth-order valence-corrected chi connectivity index (χ4v) is 0.905. The molecule has 0 aromatic carbocycles. The molecule has 0 bridgehead atoms. The zero-order chi connectivity index (χ0) is 6.85. The summed E-state index contributed by atoms with van der Waals surface area (Å²) in [7, 11) is 0. The molecule has 5 heteroatoms. The Balaban J connectivity index is 0. The van der Waals surface area contributed by atoms with Gasteiger partial charge in [-0.05, 0) is 0 Å². The molecule has 1 unspecified atom stereocenters. The van der Waals surface area contributed by atoms with E-state index in [1.807, 2.05) is 0 Å². The van der Waals surface area contributed by atoms with Crippen LogP contribution >= 0.6 is 0 Å². The van der Waals surface area contributed by atoms with Gasteiger partial charge in [0.25, 0.3) is 0 Å². The third-order valence-electron chi connectivity index (χ3n) is 1.41. The summed E-state index contributed by atoms with van der Waals surface area (Å²) in [5.41, 5.74) is 0. The molecule has 0 aromatic heterocycles. The first-order chi connectivity index (χ1) is 4.20. The first-order valence-corrected chi connectivity index (χ1v) is 2.84. The number of nitrogens with one attached hydrogen (secondary N) is 1. The minimum absolute atomic E-state index is 0. The molecular weight excluding hydrogens is 145 g/mol. The van der Waals surface area contributed by atoms with Gasteiger partial charge in [0.1, 0.15) is 6.04 Å². The van der Waals surface area contributed by atoms with Crippen LogP contribution in [0.3, 0.4) is 0 Å². The molecule has 0 radical (unpaired) electrons. The van der Waals surface area contributed by atoms with Gasteiger partial charge in [-0.25, -0.2) is 0 Å². The van der Waals surface area contributed by atoms with E-state index in [1.54, 1.807) is 0 Å². The molecule has 54 valence electrons. The molecule has 0 saturated carbocycles.